The van der Waals surface area contributed by atoms with Crippen LogP contribution in [-0.4, -0.2) is 40.4 Å². The van der Waals surface area contributed by atoms with E-state index < -0.39 is 23.7 Å². The van der Waals surface area contributed by atoms with Crippen molar-refractivity contribution in [1.29, 1.82) is 0 Å². The zero-order valence-electron chi connectivity index (χ0n) is 17.0. The molecule has 0 radical (unpaired) electrons. The first-order chi connectivity index (χ1) is 12.8. The lowest BCUT2D eigenvalue weighted by Gasteiger charge is -2.22. The van der Waals surface area contributed by atoms with Crippen molar-refractivity contribution in [3.05, 3.63) is 18.2 Å². The highest BCUT2D eigenvalue weighted by Crippen LogP contribution is 2.26. The fourth-order valence-electron chi connectivity index (χ4n) is 3.44. The van der Waals surface area contributed by atoms with Gasteiger partial charge in [0.1, 0.15) is 11.6 Å². The molecule has 27 heavy (non-hydrogen) atoms. The Balaban J connectivity index is 1.89. The molecule has 1 heterocycles. The first kappa shape index (κ1) is 21.3. The number of carbonyl (C=O) groups excluding carboxylic acids is 2. The summed E-state index contributed by atoms with van der Waals surface area (Å²) in [6.45, 7) is 6.25. The number of esters is 1. The van der Waals surface area contributed by atoms with Crippen molar-refractivity contribution in [2.75, 3.05) is 7.11 Å². The number of amides is 1. The Labute approximate surface area is 161 Å². The number of nitrogens with zero attached hydrogens (tertiary/aromatic N) is 2. The van der Waals surface area contributed by atoms with Crippen molar-refractivity contribution in [3.63, 3.8) is 0 Å². The van der Waals surface area contributed by atoms with Crippen LogP contribution in [0.4, 0.5) is 4.79 Å². The number of aromatic nitrogens is 2. The molecule has 7 heteroatoms. The van der Waals surface area contributed by atoms with Crippen LogP contribution in [0.1, 0.15) is 65.0 Å². The van der Waals surface area contributed by atoms with E-state index in [-0.39, 0.29) is 6.42 Å². The normalized spacial score (nSPS) is 16.6. The zero-order valence-corrected chi connectivity index (χ0v) is 17.0. The van der Waals surface area contributed by atoms with Crippen molar-refractivity contribution >= 4 is 12.1 Å². The molecule has 1 N–H and O–H groups in total. The van der Waals surface area contributed by atoms with Gasteiger partial charge in [0.25, 0.3) is 0 Å². The summed E-state index contributed by atoms with van der Waals surface area (Å²) < 4.78 is 12.1. The molecule has 1 saturated carbocycles. The molecule has 1 amide bonds. The lowest BCUT2D eigenvalue weighted by molar-refractivity contribution is -0.143. The minimum Gasteiger partial charge on any atom is -0.467 e. The third-order valence-corrected chi connectivity index (χ3v) is 4.80. The van der Waals surface area contributed by atoms with Crippen LogP contribution < -0.4 is 5.32 Å². The van der Waals surface area contributed by atoms with Gasteiger partial charge >= 0.3 is 12.1 Å². The summed E-state index contributed by atoms with van der Waals surface area (Å²) in [4.78, 5) is 28.4. The number of nitrogens with one attached hydrogen (secondary N) is 1. The number of hydrogen-bond donors (Lipinski definition) is 1. The molecule has 0 aromatic carbocycles. The maximum atomic E-state index is 12.0. The first-order valence-corrected chi connectivity index (χ1v) is 9.85. The lowest BCUT2D eigenvalue weighted by atomic mass is 9.87. The number of methoxy groups -OCH3 is 1. The second kappa shape index (κ2) is 9.76. The van der Waals surface area contributed by atoms with Crippen molar-refractivity contribution in [2.45, 2.75) is 83.9 Å². The van der Waals surface area contributed by atoms with E-state index in [1.54, 1.807) is 27.1 Å². The molecule has 1 fully saturated rings. The van der Waals surface area contributed by atoms with Gasteiger partial charge in [0.15, 0.2) is 0 Å². The fourth-order valence-corrected chi connectivity index (χ4v) is 3.44. The molecule has 0 bridgehead atoms. The third-order valence-electron chi connectivity index (χ3n) is 4.80. The number of hydrogen-bond acceptors (Lipinski definition) is 5. The van der Waals surface area contributed by atoms with Gasteiger partial charge in [0.05, 0.1) is 19.1 Å². The van der Waals surface area contributed by atoms with E-state index in [1.807, 2.05) is 6.20 Å². The molecule has 1 aliphatic rings. The maximum Gasteiger partial charge on any atom is 0.408 e. The van der Waals surface area contributed by atoms with Gasteiger partial charge in [-0.1, -0.05) is 32.1 Å². The Morgan fingerprint density at radius 3 is 2.63 bits per heavy atom. The molecule has 1 atom stereocenters. The quantitative estimate of drug-likeness (QED) is 0.734. The van der Waals surface area contributed by atoms with Crippen molar-refractivity contribution < 1.29 is 19.1 Å². The lowest BCUT2D eigenvalue weighted by Crippen LogP contribution is -2.45. The summed E-state index contributed by atoms with van der Waals surface area (Å²) in [7, 11) is 1.30. The fraction of sp³-hybridized carbons (Fsp3) is 0.750. The summed E-state index contributed by atoms with van der Waals surface area (Å²) in [5.41, 5.74) is 0.107. The number of aryl methyl sites for hydroxylation is 1. The van der Waals surface area contributed by atoms with Crippen molar-refractivity contribution in [2.24, 2.45) is 5.92 Å². The van der Waals surface area contributed by atoms with Gasteiger partial charge in [-0.05, 0) is 33.1 Å². The molecule has 1 aromatic rings. The Hall–Kier alpha value is -2.05. The Morgan fingerprint density at radius 2 is 2.00 bits per heavy atom. The molecule has 2 rings (SSSR count). The smallest absolute Gasteiger partial charge is 0.408 e. The molecule has 0 aliphatic heterocycles. The zero-order chi connectivity index (χ0) is 19.9. The van der Waals surface area contributed by atoms with Gasteiger partial charge < -0.3 is 19.4 Å². The molecular formula is C20H33N3O4. The summed E-state index contributed by atoms with van der Waals surface area (Å²) in [5.74, 6) is 0.291. The van der Waals surface area contributed by atoms with Crippen LogP contribution in [0.5, 0.6) is 0 Å². The number of imidazole rings is 1. The molecule has 1 aromatic heterocycles. The first-order valence-electron chi connectivity index (χ1n) is 9.85. The van der Waals surface area contributed by atoms with E-state index >= 15 is 0 Å². The van der Waals surface area contributed by atoms with Crippen LogP contribution in [0.3, 0.4) is 0 Å². The molecule has 152 valence electrons. The van der Waals surface area contributed by atoms with Gasteiger partial charge in [-0.2, -0.15) is 0 Å². The van der Waals surface area contributed by atoms with E-state index in [4.69, 9.17) is 9.47 Å². The molecule has 0 spiro atoms. The van der Waals surface area contributed by atoms with Crippen LogP contribution in [0, 0.1) is 5.92 Å². The predicted molar refractivity (Wildman–Crippen MR) is 102 cm³/mol. The van der Waals surface area contributed by atoms with E-state index in [0.717, 1.165) is 24.6 Å². The largest absolute Gasteiger partial charge is 0.467 e. The van der Waals surface area contributed by atoms with Crippen LogP contribution in [0.15, 0.2) is 12.5 Å². The number of carbonyl (C=O) groups is 2. The van der Waals surface area contributed by atoms with E-state index in [9.17, 15) is 9.59 Å². The van der Waals surface area contributed by atoms with Crippen LogP contribution >= 0.6 is 0 Å². The second-order valence-corrected chi connectivity index (χ2v) is 8.32. The monoisotopic (exact) mass is 379 g/mol. The van der Waals surface area contributed by atoms with Crippen LogP contribution in [0.2, 0.25) is 0 Å². The Kier molecular flexibility index (Phi) is 7.68. The number of rotatable bonds is 7. The van der Waals surface area contributed by atoms with E-state index in [1.165, 1.54) is 39.2 Å². The van der Waals surface area contributed by atoms with Crippen molar-refractivity contribution in [1.82, 2.24) is 14.9 Å². The second-order valence-electron chi connectivity index (χ2n) is 8.32. The Bertz CT molecular complexity index is 615. The standard InChI is InChI=1S/C20H33N3O4/c1-20(2,3)27-19(25)22-17(18(24)26-4)12-16-13-23(14-21-16)11-10-15-8-6-5-7-9-15/h13-15,17H,5-12H2,1-4H3,(H,22,25)/t17-/m0/s1. The molecule has 7 nitrogen and oxygen atoms in total. The highest BCUT2D eigenvalue weighted by atomic mass is 16.6. The number of ether oxygens (including phenoxy) is 2. The maximum absolute atomic E-state index is 12.0. The van der Waals surface area contributed by atoms with E-state index in [2.05, 4.69) is 14.9 Å². The van der Waals surface area contributed by atoms with Gasteiger partial charge in [-0.15, -0.1) is 0 Å². The summed E-state index contributed by atoms with van der Waals surface area (Å²) in [6.07, 6.45) is 11.2. The minimum absolute atomic E-state index is 0.266. The van der Waals surface area contributed by atoms with E-state index in [0.29, 0.717) is 0 Å². The molecular weight excluding hydrogens is 346 g/mol. The topological polar surface area (TPSA) is 82.5 Å². The summed E-state index contributed by atoms with van der Waals surface area (Å²) >= 11 is 0. The number of alkyl carbamates (subject to hydrolysis) is 1. The van der Waals surface area contributed by atoms with Crippen LogP contribution in [-0.2, 0) is 27.2 Å². The molecule has 1 aliphatic carbocycles. The highest BCUT2D eigenvalue weighted by Gasteiger charge is 2.26. The highest BCUT2D eigenvalue weighted by molar-refractivity contribution is 5.81. The molecule has 0 unspecified atom stereocenters. The van der Waals surface area contributed by atoms with Gasteiger partial charge in [-0.25, -0.2) is 14.6 Å². The summed E-state index contributed by atoms with van der Waals surface area (Å²) in [6, 6.07) is -0.827. The SMILES string of the molecule is COC(=O)[C@H](Cc1cn(CCC2CCCCC2)cn1)NC(=O)OC(C)(C)C. The van der Waals surface area contributed by atoms with Gasteiger partial charge in [-0.3, -0.25) is 0 Å². The van der Waals surface area contributed by atoms with Crippen molar-refractivity contribution in [3.8, 4) is 0 Å². The third kappa shape index (κ3) is 7.61. The average Bonchev–Trinajstić information content (AvgIpc) is 3.05. The van der Waals surface area contributed by atoms with Gasteiger partial charge in [0, 0.05) is 19.2 Å². The molecule has 0 saturated heterocycles. The summed E-state index contributed by atoms with van der Waals surface area (Å²) in [5, 5.41) is 2.58. The van der Waals surface area contributed by atoms with Gasteiger partial charge in [0.2, 0.25) is 0 Å². The predicted octanol–water partition coefficient (Wildman–Crippen LogP) is 3.46. The Morgan fingerprint density at radius 1 is 1.30 bits per heavy atom. The minimum atomic E-state index is -0.827. The average molecular weight is 380 g/mol. The van der Waals surface area contributed by atoms with Crippen LogP contribution in [0.25, 0.3) is 0 Å².